The lowest BCUT2D eigenvalue weighted by Gasteiger charge is -2.19. The summed E-state index contributed by atoms with van der Waals surface area (Å²) in [5, 5.41) is 12.0. The third-order valence-electron chi connectivity index (χ3n) is 3.73. The zero-order valence-electron chi connectivity index (χ0n) is 15.2. The Morgan fingerprint density at radius 3 is 1.93 bits per heavy atom. The van der Waals surface area contributed by atoms with E-state index in [2.05, 4.69) is 29.0 Å². The second-order valence-corrected chi connectivity index (χ2v) is 5.90. The van der Waals surface area contributed by atoms with Gasteiger partial charge < -0.3 is 16.2 Å². The van der Waals surface area contributed by atoms with E-state index in [1.165, 1.54) is 6.92 Å². The molecule has 0 heterocycles. The average Bonchev–Trinajstić information content (AvgIpc) is 2.70. The molecular weight excluding hydrogens is 356 g/mol. The molecule has 0 radical (unpaired) electrons. The lowest BCUT2D eigenvalue weighted by molar-refractivity contribution is -0.125. The highest BCUT2D eigenvalue weighted by molar-refractivity contribution is 5.97. The van der Waals surface area contributed by atoms with Crippen molar-refractivity contribution in [2.75, 3.05) is 5.73 Å². The molecule has 2 rings (SSSR count). The molecule has 0 aliphatic carbocycles. The zero-order chi connectivity index (χ0) is 20.5. The Morgan fingerprint density at radius 2 is 1.46 bits per heavy atom. The predicted molar refractivity (Wildman–Crippen MR) is 106 cm³/mol. The molecule has 7 heteroatoms. The molecule has 142 valence electrons. The molecule has 2 aromatic rings. The standard InChI is InChI=1S/C21H20N4O3/c1-14(26)19(21(28)25-23)24-20(27)17-10-6-15(7-11-17)4-2-3-5-16-8-12-18(22)13-9-16/h6-14,19,26H,22-23H2,1H3,(H,24,27)(H,25,28). The maximum atomic E-state index is 12.2. The zero-order valence-corrected chi connectivity index (χ0v) is 15.2. The van der Waals surface area contributed by atoms with Gasteiger partial charge in [-0.25, -0.2) is 5.84 Å². The van der Waals surface area contributed by atoms with Gasteiger partial charge in [0.1, 0.15) is 6.04 Å². The van der Waals surface area contributed by atoms with Crippen LogP contribution in [0, 0.1) is 23.7 Å². The number of rotatable bonds is 4. The topological polar surface area (TPSA) is 130 Å². The van der Waals surface area contributed by atoms with E-state index in [0.29, 0.717) is 16.8 Å². The SMILES string of the molecule is CC(O)C(NC(=O)c1ccc(C#CC#Cc2ccc(N)cc2)cc1)C(=O)NN. The third kappa shape index (κ3) is 5.89. The first-order valence-electron chi connectivity index (χ1n) is 8.37. The van der Waals surface area contributed by atoms with Crippen LogP contribution in [0.25, 0.3) is 0 Å². The van der Waals surface area contributed by atoms with Gasteiger partial charge in [-0.1, -0.05) is 11.8 Å². The highest BCUT2D eigenvalue weighted by atomic mass is 16.3. The van der Waals surface area contributed by atoms with Gasteiger partial charge in [0, 0.05) is 22.4 Å². The van der Waals surface area contributed by atoms with Crippen molar-refractivity contribution in [3.8, 4) is 23.7 Å². The summed E-state index contributed by atoms with van der Waals surface area (Å²) in [4.78, 5) is 23.8. The van der Waals surface area contributed by atoms with Gasteiger partial charge in [-0.15, -0.1) is 0 Å². The minimum atomic E-state index is -1.15. The molecule has 7 nitrogen and oxygen atoms in total. The normalized spacial score (nSPS) is 11.7. The van der Waals surface area contributed by atoms with Gasteiger partial charge >= 0.3 is 0 Å². The van der Waals surface area contributed by atoms with E-state index in [-0.39, 0.29) is 0 Å². The van der Waals surface area contributed by atoms with Crippen LogP contribution in [0.3, 0.4) is 0 Å². The van der Waals surface area contributed by atoms with Crippen molar-refractivity contribution in [3.05, 3.63) is 65.2 Å². The molecule has 2 atom stereocenters. The molecule has 0 aliphatic heterocycles. The minimum absolute atomic E-state index is 0.314. The fraction of sp³-hybridized carbons (Fsp3) is 0.143. The van der Waals surface area contributed by atoms with Crippen LogP contribution in [0.4, 0.5) is 5.69 Å². The summed E-state index contributed by atoms with van der Waals surface area (Å²) >= 11 is 0. The van der Waals surface area contributed by atoms with Crippen LogP contribution in [-0.2, 0) is 4.79 Å². The Labute approximate surface area is 163 Å². The number of nitrogens with two attached hydrogens (primary N) is 2. The highest BCUT2D eigenvalue weighted by Crippen LogP contribution is 2.05. The van der Waals surface area contributed by atoms with Gasteiger partial charge in [0.25, 0.3) is 11.8 Å². The lowest BCUT2D eigenvalue weighted by Crippen LogP contribution is -2.54. The average molecular weight is 376 g/mol. The van der Waals surface area contributed by atoms with E-state index < -0.39 is 24.0 Å². The quantitative estimate of drug-likeness (QED) is 0.170. The summed E-state index contributed by atoms with van der Waals surface area (Å²) in [6.45, 7) is 1.38. The van der Waals surface area contributed by atoms with Crippen LogP contribution in [0.15, 0.2) is 48.5 Å². The van der Waals surface area contributed by atoms with E-state index in [1.54, 1.807) is 36.4 Å². The van der Waals surface area contributed by atoms with Gasteiger partial charge in [-0.3, -0.25) is 15.0 Å². The van der Waals surface area contributed by atoms with Crippen molar-refractivity contribution >= 4 is 17.5 Å². The van der Waals surface area contributed by atoms with E-state index in [4.69, 9.17) is 11.6 Å². The number of aliphatic hydroxyl groups is 1. The minimum Gasteiger partial charge on any atom is -0.399 e. The Bertz CT molecular complexity index is 959. The van der Waals surface area contributed by atoms with Gasteiger partial charge in [0.15, 0.2) is 0 Å². The van der Waals surface area contributed by atoms with Crippen molar-refractivity contribution in [2.24, 2.45) is 5.84 Å². The largest absolute Gasteiger partial charge is 0.399 e. The van der Waals surface area contributed by atoms with Crippen molar-refractivity contribution < 1.29 is 14.7 Å². The number of carbonyl (C=O) groups excluding carboxylic acids is 2. The number of hydrogen-bond acceptors (Lipinski definition) is 5. The van der Waals surface area contributed by atoms with Crippen molar-refractivity contribution in [1.82, 2.24) is 10.7 Å². The Kier molecular flexibility index (Phi) is 7.18. The van der Waals surface area contributed by atoms with Crippen LogP contribution in [-0.4, -0.2) is 29.1 Å². The van der Waals surface area contributed by atoms with E-state index >= 15 is 0 Å². The van der Waals surface area contributed by atoms with Crippen LogP contribution in [0.5, 0.6) is 0 Å². The summed E-state index contributed by atoms with van der Waals surface area (Å²) in [5.41, 5.74) is 9.99. The fourth-order valence-corrected chi connectivity index (χ4v) is 2.20. The van der Waals surface area contributed by atoms with Gasteiger partial charge in [-0.2, -0.15) is 0 Å². The number of nitrogens with one attached hydrogen (secondary N) is 2. The molecule has 0 fully saturated rings. The number of hydrazine groups is 1. The van der Waals surface area contributed by atoms with Crippen LogP contribution in [0.1, 0.15) is 28.4 Å². The van der Waals surface area contributed by atoms with E-state index in [1.807, 2.05) is 17.6 Å². The highest BCUT2D eigenvalue weighted by Gasteiger charge is 2.25. The molecule has 0 saturated carbocycles. The molecular formula is C21H20N4O3. The van der Waals surface area contributed by atoms with E-state index in [0.717, 1.165) is 5.56 Å². The van der Waals surface area contributed by atoms with Gasteiger partial charge in [-0.05, 0) is 67.3 Å². The molecule has 2 aromatic carbocycles. The molecule has 0 spiro atoms. The molecule has 0 aliphatic rings. The van der Waals surface area contributed by atoms with Crippen LogP contribution >= 0.6 is 0 Å². The summed E-state index contributed by atoms with van der Waals surface area (Å²) < 4.78 is 0. The molecule has 0 aromatic heterocycles. The Hall–Kier alpha value is -3.78. The fourth-order valence-electron chi connectivity index (χ4n) is 2.20. The van der Waals surface area contributed by atoms with Crippen molar-refractivity contribution in [1.29, 1.82) is 0 Å². The second-order valence-electron chi connectivity index (χ2n) is 5.90. The van der Waals surface area contributed by atoms with Crippen LogP contribution < -0.4 is 22.3 Å². The van der Waals surface area contributed by atoms with Crippen molar-refractivity contribution in [2.45, 2.75) is 19.1 Å². The Morgan fingerprint density at radius 1 is 0.964 bits per heavy atom. The second kappa shape index (κ2) is 9.79. The number of carbonyl (C=O) groups is 2. The number of aliphatic hydroxyl groups excluding tert-OH is 1. The summed E-state index contributed by atoms with van der Waals surface area (Å²) in [6, 6.07) is 12.4. The van der Waals surface area contributed by atoms with E-state index in [9.17, 15) is 14.7 Å². The monoisotopic (exact) mass is 376 g/mol. The number of hydrogen-bond donors (Lipinski definition) is 5. The maximum absolute atomic E-state index is 12.2. The molecule has 2 amide bonds. The summed E-state index contributed by atoms with van der Waals surface area (Å²) in [5.74, 6) is 15.1. The third-order valence-corrected chi connectivity index (χ3v) is 3.73. The first kappa shape index (κ1) is 20.5. The van der Waals surface area contributed by atoms with Crippen LogP contribution in [0.2, 0.25) is 0 Å². The number of nitrogen functional groups attached to an aromatic ring is 1. The maximum Gasteiger partial charge on any atom is 0.259 e. The smallest absolute Gasteiger partial charge is 0.259 e. The van der Waals surface area contributed by atoms with Gasteiger partial charge in [0.2, 0.25) is 0 Å². The number of benzene rings is 2. The first-order chi connectivity index (χ1) is 13.4. The predicted octanol–water partition coefficient (Wildman–Crippen LogP) is 0.141. The number of amides is 2. The van der Waals surface area contributed by atoms with Crippen molar-refractivity contribution in [3.63, 3.8) is 0 Å². The molecule has 2 unspecified atom stereocenters. The lowest BCUT2D eigenvalue weighted by atomic mass is 10.1. The summed E-state index contributed by atoms with van der Waals surface area (Å²) in [6.07, 6.45) is -1.10. The number of anilines is 1. The molecule has 0 bridgehead atoms. The molecule has 0 saturated heterocycles. The Balaban J connectivity index is 2.03. The first-order valence-corrected chi connectivity index (χ1v) is 8.37. The molecule has 28 heavy (non-hydrogen) atoms. The summed E-state index contributed by atoms with van der Waals surface area (Å²) in [7, 11) is 0. The van der Waals surface area contributed by atoms with Gasteiger partial charge in [0.05, 0.1) is 6.10 Å². The molecule has 7 N–H and O–H groups in total.